The second kappa shape index (κ2) is 34.9. The van der Waals surface area contributed by atoms with Gasteiger partial charge in [0, 0.05) is 12.8 Å². The van der Waals surface area contributed by atoms with Crippen LogP contribution >= 0.6 is 7.82 Å². The zero-order chi connectivity index (χ0) is 36.3. The van der Waals surface area contributed by atoms with E-state index in [1.165, 1.54) is 51.4 Å². The molecule has 0 saturated carbocycles. The molecule has 3 N–H and O–H groups in total. The molecule has 3 atom stereocenters. The van der Waals surface area contributed by atoms with Crippen molar-refractivity contribution in [1.82, 2.24) is 0 Å². The minimum atomic E-state index is -4.63. The lowest BCUT2D eigenvalue weighted by molar-refractivity contribution is -0.153. The van der Waals surface area contributed by atoms with E-state index in [0.717, 1.165) is 77.0 Å². The van der Waals surface area contributed by atoms with Gasteiger partial charge in [-0.05, 0) is 64.2 Å². The van der Waals surface area contributed by atoms with Gasteiger partial charge in [0.15, 0.2) is 0 Å². The number of esters is 2. The first kappa shape index (κ1) is 47.4. The summed E-state index contributed by atoms with van der Waals surface area (Å²) >= 11 is 0. The van der Waals surface area contributed by atoms with E-state index < -0.39 is 58.4 Å². The summed E-state index contributed by atoms with van der Waals surface area (Å²) in [5.74, 6) is -1.04. The lowest BCUT2D eigenvalue weighted by Gasteiger charge is -2.20. The van der Waals surface area contributed by atoms with Crippen LogP contribution in [0.15, 0.2) is 24.3 Å². The normalized spacial score (nSPS) is 14.3. The van der Waals surface area contributed by atoms with Crippen LogP contribution in [0.25, 0.3) is 0 Å². The molecule has 49 heavy (non-hydrogen) atoms. The molecule has 0 aromatic rings. The summed E-state index contributed by atoms with van der Waals surface area (Å²) in [6.07, 6.45) is 31.5. The summed E-state index contributed by atoms with van der Waals surface area (Å²) in [5.41, 5.74) is 0. The number of rotatable bonds is 36. The molecule has 0 rings (SSSR count). The molecule has 0 heterocycles. The minimum Gasteiger partial charge on any atom is -0.457 e. The Morgan fingerprint density at radius 1 is 0.531 bits per heavy atom. The molecule has 0 spiro atoms. The van der Waals surface area contributed by atoms with E-state index in [1.54, 1.807) is 0 Å². The van der Waals surface area contributed by atoms with Crippen LogP contribution in [-0.2, 0) is 32.7 Å². The maximum atomic E-state index is 12.3. The quantitative estimate of drug-likeness (QED) is 0.0248. The Labute approximate surface area is 298 Å². The molecular formula is C38H71O10P. The average molecular weight is 719 g/mol. The van der Waals surface area contributed by atoms with E-state index in [1.807, 2.05) is 0 Å². The number of aliphatic hydroxyl groups is 2. The standard InChI is InChI=1S/C38H71O10P/c1-3-5-7-9-11-13-15-17-18-20-22-24-26-28-30-38(42)48-36(32-40)34-46-49(43,44)45-33-35(31-39)47-37(41)29-27-25-23-21-19-16-14-12-10-8-6-4-2/h12,14-15,17,35-36,39-40H,3-11,13,16,18-34H2,1-2H3,(H,43,44)/b14-12-,17-15-. The van der Waals surface area contributed by atoms with E-state index in [4.69, 9.17) is 18.5 Å². The maximum Gasteiger partial charge on any atom is 0.472 e. The van der Waals surface area contributed by atoms with Crippen molar-refractivity contribution < 1.29 is 47.8 Å². The Bertz CT molecular complexity index is 879. The van der Waals surface area contributed by atoms with E-state index >= 15 is 0 Å². The van der Waals surface area contributed by atoms with Gasteiger partial charge in [0.1, 0.15) is 12.2 Å². The fraction of sp³-hybridized carbons (Fsp3) is 0.842. The molecule has 11 heteroatoms. The van der Waals surface area contributed by atoms with Crippen LogP contribution in [0.3, 0.4) is 0 Å². The van der Waals surface area contributed by atoms with Crippen LogP contribution in [-0.4, -0.2) is 65.7 Å². The summed E-state index contributed by atoms with van der Waals surface area (Å²) in [5, 5.41) is 19.1. The maximum absolute atomic E-state index is 12.3. The van der Waals surface area contributed by atoms with Crippen LogP contribution in [0.1, 0.15) is 168 Å². The van der Waals surface area contributed by atoms with Crippen molar-refractivity contribution >= 4 is 19.8 Å². The molecule has 0 aliphatic rings. The van der Waals surface area contributed by atoms with Gasteiger partial charge >= 0.3 is 19.8 Å². The van der Waals surface area contributed by atoms with Gasteiger partial charge in [0.05, 0.1) is 26.4 Å². The number of phosphoric ester groups is 1. The van der Waals surface area contributed by atoms with Gasteiger partial charge in [0.25, 0.3) is 0 Å². The summed E-state index contributed by atoms with van der Waals surface area (Å²) in [6, 6.07) is 0. The predicted octanol–water partition coefficient (Wildman–Crippen LogP) is 9.44. The Balaban J connectivity index is 4.00. The van der Waals surface area contributed by atoms with Crippen LogP contribution in [0.5, 0.6) is 0 Å². The predicted molar refractivity (Wildman–Crippen MR) is 196 cm³/mol. The molecule has 288 valence electrons. The van der Waals surface area contributed by atoms with Gasteiger partial charge in [-0.2, -0.15) is 0 Å². The van der Waals surface area contributed by atoms with Crippen LogP contribution in [0, 0.1) is 0 Å². The van der Waals surface area contributed by atoms with Gasteiger partial charge in [-0.15, -0.1) is 0 Å². The van der Waals surface area contributed by atoms with Gasteiger partial charge in [-0.1, -0.05) is 115 Å². The molecule has 0 radical (unpaired) electrons. The summed E-state index contributed by atoms with van der Waals surface area (Å²) in [7, 11) is -4.63. The molecule has 3 unspecified atom stereocenters. The number of carbonyl (C=O) groups is 2. The smallest absolute Gasteiger partial charge is 0.457 e. The Morgan fingerprint density at radius 2 is 0.837 bits per heavy atom. The number of hydrogen-bond acceptors (Lipinski definition) is 9. The number of ether oxygens (including phenoxy) is 2. The Hall–Kier alpha value is -1.55. The first-order valence-corrected chi connectivity index (χ1v) is 20.8. The van der Waals surface area contributed by atoms with Gasteiger partial charge in [-0.25, -0.2) is 4.57 Å². The van der Waals surface area contributed by atoms with Crippen molar-refractivity contribution in [3.8, 4) is 0 Å². The summed E-state index contributed by atoms with van der Waals surface area (Å²) < 4.78 is 32.4. The number of aliphatic hydroxyl groups excluding tert-OH is 2. The van der Waals surface area contributed by atoms with Crippen molar-refractivity contribution in [3.05, 3.63) is 24.3 Å². The lowest BCUT2D eigenvalue weighted by Crippen LogP contribution is -2.28. The molecule has 0 amide bonds. The fourth-order valence-electron chi connectivity index (χ4n) is 5.10. The second-order valence-corrected chi connectivity index (χ2v) is 14.4. The fourth-order valence-corrected chi connectivity index (χ4v) is 5.89. The van der Waals surface area contributed by atoms with E-state index in [9.17, 15) is 29.3 Å². The van der Waals surface area contributed by atoms with Crippen molar-refractivity contribution in [2.75, 3.05) is 26.4 Å². The summed E-state index contributed by atoms with van der Waals surface area (Å²) in [6.45, 7) is 2.14. The van der Waals surface area contributed by atoms with Gasteiger partial charge < -0.3 is 24.6 Å². The molecule has 0 saturated heterocycles. The number of carbonyl (C=O) groups excluding carboxylic acids is 2. The number of allylic oxidation sites excluding steroid dienone is 4. The SMILES string of the molecule is CCCCC/C=C\CCCCCCCC(=O)OC(CO)COP(=O)(O)OCC(CO)OC(=O)CCCCCCC/C=C\CCCCCCC. The molecule has 0 aliphatic heterocycles. The first-order chi connectivity index (χ1) is 23.8. The number of hydrogen-bond donors (Lipinski definition) is 3. The van der Waals surface area contributed by atoms with Gasteiger partial charge in [0.2, 0.25) is 0 Å². The lowest BCUT2D eigenvalue weighted by atomic mass is 10.1. The highest BCUT2D eigenvalue weighted by molar-refractivity contribution is 7.47. The molecule has 0 aromatic heterocycles. The Morgan fingerprint density at radius 3 is 1.20 bits per heavy atom. The van der Waals surface area contributed by atoms with E-state index in [0.29, 0.717) is 12.8 Å². The van der Waals surface area contributed by atoms with Crippen molar-refractivity contribution in [2.45, 2.75) is 180 Å². The number of unbranched alkanes of at least 4 members (excludes halogenated alkanes) is 18. The highest BCUT2D eigenvalue weighted by Gasteiger charge is 2.27. The van der Waals surface area contributed by atoms with Crippen LogP contribution in [0.2, 0.25) is 0 Å². The molecule has 0 fully saturated rings. The number of phosphoric acid groups is 1. The van der Waals surface area contributed by atoms with E-state index in [2.05, 4.69) is 38.2 Å². The highest BCUT2D eigenvalue weighted by Crippen LogP contribution is 2.43. The molecular weight excluding hydrogens is 647 g/mol. The first-order valence-electron chi connectivity index (χ1n) is 19.3. The van der Waals surface area contributed by atoms with Crippen molar-refractivity contribution in [2.24, 2.45) is 0 Å². The highest BCUT2D eigenvalue weighted by atomic mass is 31.2. The third-order valence-corrected chi connectivity index (χ3v) is 9.09. The third-order valence-electron chi connectivity index (χ3n) is 8.14. The van der Waals surface area contributed by atoms with Crippen molar-refractivity contribution in [1.29, 1.82) is 0 Å². The zero-order valence-electron chi connectivity index (χ0n) is 30.9. The third kappa shape index (κ3) is 33.4. The molecule has 10 nitrogen and oxygen atoms in total. The van der Waals surface area contributed by atoms with Crippen LogP contribution in [0.4, 0.5) is 0 Å². The van der Waals surface area contributed by atoms with E-state index in [-0.39, 0.29) is 12.8 Å². The molecule has 0 bridgehead atoms. The average Bonchev–Trinajstić information content (AvgIpc) is 3.09. The topological polar surface area (TPSA) is 149 Å². The largest absolute Gasteiger partial charge is 0.472 e. The summed E-state index contributed by atoms with van der Waals surface area (Å²) in [4.78, 5) is 34.3. The molecule has 0 aliphatic carbocycles. The molecule has 0 aromatic carbocycles. The van der Waals surface area contributed by atoms with Crippen molar-refractivity contribution in [3.63, 3.8) is 0 Å². The monoisotopic (exact) mass is 718 g/mol. The zero-order valence-corrected chi connectivity index (χ0v) is 31.8. The van der Waals surface area contributed by atoms with Gasteiger partial charge in [-0.3, -0.25) is 18.6 Å². The minimum absolute atomic E-state index is 0.182. The van der Waals surface area contributed by atoms with Crippen LogP contribution < -0.4 is 0 Å². The second-order valence-electron chi connectivity index (χ2n) is 12.9. The Kier molecular flexibility index (Phi) is 33.8.